The Hall–Kier alpha value is -1.34. The molecule has 0 N–H and O–H groups in total. The zero-order valence-corrected chi connectivity index (χ0v) is 23.7. The minimum Gasteiger partial charge on any atom is -0.296 e. The molecule has 0 radical (unpaired) electrons. The van der Waals surface area contributed by atoms with Gasteiger partial charge in [-0.05, 0) is 136 Å². The van der Waals surface area contributed by atoms with Crippen molar-refractivity contribution in [1.82, 2.24) is 4.90 Å². The van der Waals surface area contributed by atoms with Crippen LogP contribution in [-0.4, -0.2) is 24.0 Å². The predicted octanol–water partition coefficient (Wildman–Crippen LogP) is 8.91. The van der Waals surface area contributed by atoms with Crippen molar-refractivity contribution in [2.75, 3.05) is 13.1 Å². The average molecular weight is 510 g/mol. The molecule has 1 saturated carbocycles. The second-order valence-electron chi connectivity index (χ2n) is 14.7. The van der Waals surface area contributed by atoms with Gasteiger partial charge in [0.05, 0.1) is 0 Å². The highest BCUT2D eigenvalue weighted by molar-refractivity contribution is 5.34. The van der Waals surface area contributed by atoms with Crippen molar-refractivity contribution in [3.05, 3.63) is 59.8 Å². The van der Waals surface area contributed by atoms with Crippen molar-refractivity contribution in [3.63, 3.8) is 0 Å². The van der Waals surface area contributed by atoms with Crippen LogP contribution in [-0.2, 0) is 0 Å². The third-order valence-electron chi connectivity index (χ3n) is 13.0. The maximum Gasteiger partial charge on any atom is 0.0278 e. The van der Waals surface area contributed by atoms with Crippen LogP contribution in [0.5, 0.6) is 0 Å². The van der Waals surface area contributed by atoms with Gasteiger partial charge in [-0.25, -0.2) is 0 Å². The first-order valence-electron chi connectivity index (χ1n) is 17.0. The van der Waals surface area contributed by atoms with Crippen molar-refractivity contribution in [2.45, 2.75) is 95.9 Å². The van der Waals surface area contributed by atoms with Crippen LogP contribution >= 0.6 is 0 Å². The lowest BCUT2D eigenvalue weighted by atomic mass is 9.52. The molecule has 1 heteroatoms. The molecule has 0 amide bonds. The fourth-order valence-electron chi connectivity index (χ4n) is 11.4. The van der Waals surface area contributed by atoms with E-state index in [4.69, 9.17) is 0 Å². The number of nitrogens with zero attached hydrogens (tertiary/aromatic N) is 1. The Balaban J connectivity index is 1.11. The van der Waals surface area contributed by atoms with Crippen LogP contribution in [0.2, 0.25) is 0 Å². The topological polar surface area (TPSA) is 3.24 Å². The van der Waals surface area contributed by atoms with Gasteiger partial charge in [-0.3, -0.25) is 4.90 Å². The fraction of sp³-hybridized carbons (Fsp3) is 0.730. The Labute approximate surface area is 232 Å². The lowest BCUT2D eigenvalue weighted by Crippen LogP contribution is -2.48. The normalized spacial score (nSPS) is 48.1. The third-order valence-corrected chi connectivity index (χ3v) is 13.0. The van der Waals surface area contributed by atoms with Crippen molar-refractivity contribution >= 4 is 0 Å². The van der Waals surface area contributed by atoms with Gasteiger partial charge in [-0.1, -0.05) is 79.0 Å². The lowest BCUT2D eigenvalue weighted by molar-refractivity contribution is 0.0569. The second kappa shape index (κ2) is 10.2. The van der Waals surface area contributed by atoms with Crippen LogP contribution in [0.15, 0.2) is 59.8 Å². The van der Waals surface area contributed by atoms with Crippen molar-refractivity contribution in [3.8, 4) is 0 Å². The number of hydrogen-bond acceptors (Lipinski definition) is 1. The van der Waals surface area contributed by atoms with E-state index in [2.05, 4.69) is 53.5 Å². The van der Waals surface area contributed by atoms with Gasteiger partial charge in [0.25, 0.3) is 0 Å². The van der Waals surface area contributed by atoms with E-state index in [1.165, 1.54) is 103 Å². The van der Waals surface area contributed by atoms with Gasteiger partial charge >= 0.3 is 0 Å². The molecule has 0 spiro atoms. The summed E-state index contributed by atoms with van der Waals surface area (Å²) in [6.07, 6.45) is 41.5. The average Bonchev–Trinajstić information content (AvgIpc) is 2.99. The molecule has 0 aromatic heterocycles. The molecule has 1 saturated heterocycles. The van der Waals surface area contributed by atoms with E-state index in [0.717, 1.165) is 65.2 Å². The molecule has 2 heterocycles. The molecule has 0 aromatic carbocycles. The van der Waals surface area contributed by atoms with Gasteiger partial charge in [-0.15, -0.1) is 0 Å². The highest BCUT2D eigenvalue weighted by atomic mass is 15.2. The van der Waals surface area contributed by atoms with Crippen LogP contribution in [0.4, 0.5) is 0 Å². The van der Waals surface area contributed by atoms with E-state index in [9.17, 15) is 0 Å². The van der Waals surface area contributed by atoms with Gasteiger partial charge in [-0.2, -0.15) is 0 Å². The summed E-state index contributed by atoms with van der Waals surface area (Å²) in [5, 5.41) is 0. The van der Waals surface area contributed by atoms with Gasteiger partial charge in [0.15, 0.2) is 0 Å². The van der Waals surface area contributed by atoms with Crippen LogP contribution in [0.3, 0.4) is 0 Å². The molecular weight excluding hydrogens is 458 g/mol. The largest absolute Gasteiger partial charge is 0.296 e. The number of fused-ring (bicyclic) bond motifs is 6. The Bertz CT molecular complexity index is 1040. The van der Waals surface area contributed by atoms with E-state index >= 15 is 0 Å². The molecular formula is C37H51N. The number of piperidine rings is 1. The van der Waals surface area contributed by atoms with Gasteiger partial charge < -0.3 is 0 Å². The minimum absolute atomic E-state index is 0.747. The molecule has 11 atom stereocenters. The SMILES string of the molecule is C1=CC2C(C=CC3CC(C4C=CC(C5C=C[C@H]6CCCCN6C5)C5CCCCC45)C4=C(CCCC4)C32)CC1. The Kier molecular flexibility index (Phi) is 6.59. The Morgan fingerprint density at radius 1 is 0.579 bits per heavy atom. The second-order valence-corrected chi connectivity index (χ2v) is 14.7. The molecule has 10 unspecified atom stereocenters. The number of rotatable bonds is 2. The first-order chi connectivity index (χ1) is 18.8. The summed E-state index contributed by atoms with van der Waals surface area (Å²) in [5.74, 6) is 8.28. The molecule has 1 nitrogen and oxygen atoms in total. The van der Waals surface area contributed by atoms with Crippen molar-refractivity contribution in [1.29, 1.82) is 0 Å². The van der Waals surface area contributed by atoms with Crippen LogP contribution in [0.1, 0.15) is 89.9 Å². The maximum absolute atomic E-state index is 2.84. The predicted molar refractivity (Wildman–Crippen MR) is 158 cm³/mol. The first-order valence-corrected chi connectivity index (χ1v) is 17.0. The van der Waals surface area contributed by atoms with E-state index in [1.807, 2.05) is 11.1 Å². The molecule has 0 aromatic rings. The summed E-state index contributed by atoms with van der Waals surface area (Å²) in [7, 11) is 0. The number of allylic oxidation sites excluding steroid dienone is 8. The molecule has 0 bridgehead atoms. The summed E-state index contributed by atoms with van der Waals surface area (Å²) < 4.78 is 0. The van der Waals surface area contributed by atoms with E-state index in [-0.39, 0.29) is 0 Å². The van der Waals surface area contributed by atoms with Crippen molar-refractivity contribution < 1.29 is 0 Å². The molecule has 6 aliphatic carbocycles. The summed E-state index contributed by atoms with van der Waals surface area (Å²) in [5.41, 5.74) is 3.95. The Morgan fingerprint density at radius 3 is 2.26 bits per heavy atom. The molecule has 38 heavy (non-hydrogen) atoms. The first kappa shape index (κ1) is 24.5. The lowest BCUT2D eigenvalue weighted by Gasteiger charge is -2.53. The zero-order valence-electron chi connectivity index (χ0n) is 23.7. The van der Waals surface area contributed by atoms with Gasteiger partial charge in [0.1, 0.15) is 0 Å². The fourth-order valence-corrected chi connectivity index (χ4v) is 11.4. The molecule has 204 valence electrons. The molecule has 2 aliphatic heterocycles. The number of hydrogen-bond donors (Lipinski definition) is 0. The summed E-state index contributed by atoms with van der Waals surface area (Å²) >= 11 is 0. The summed E-state index contributed by atoms with van der Waals surface area (Å²) in [4.78, 5) is 2.84. The van der Waals surface area contributed by atoms with Crippen LogP contribution < -0.4 is 0 Å². The third kappa shape index (κ3) is 4.12. The van der Waals surface area contributed by atoms with E-state index in [0.29, 0.717) is 0 Å². The Morgan fingerprint density at radius 2 is 1.34 bits per heavy atom. The summed E-state index contributed by atoms with van der Waals surface area (Å²) in [6.45, 7) is 2.66. The van der Waals surface area contributed by atoms with Crippen molar-refractivity contribution in [2.24, 2.45) is 59.2 Å². The monoisotopic (exact) mass is 509 g/mol. The highest BCUT2D eigenvalue weighted by Gasteiger charge is 2.49. The van der Waals surface area contributed by atoms with Crippen LogP contribution in [0.25, 0.3) is 0 Å². The van der Waals surface area contributed by atoms with Crippen LogP contribution in [0, 0.1) is 59.2 Å². The standard InChI is InChI=1S/C37H51N/c1-2-11-30-25(9-1)16-17-26-23-36(33-14-5-6-15-35(33)37(26)30)34-21-20-29(31-12-3-4-13-32(31)34)27-18-19-28-10-7-8-22-38(28)24-27/h2,11,16-21,25-32,34,36-37H,1,3-10,12-15,22-24H2/t25?,26?,27?,28-,29?,30?,31?,32?,34?,36?,37?/m1/s1. The minimum atomic E-state index is 0.747. The molecule has 2 fully saturated rings. The summed E-state index contributed by atoms with van der Waals surface area (Å²) in [6, 6.07) is 0.747. The molecule has 8 aliphatic rings. The zero-order chi connectivity index (χ0) is 25.1. The highest BCUT2D eigenvalue weighted by Crippen LogP contribution is 2.58. The van der Waals surface area contributed by atoms with E-state index < -0.39 is 0 Å². The smallest absolute Gasteiger partial charge is 0.0278 e. The molecule has 8 rings (SSSR count). The quantitative estimate of drug-likeness (QED) is 0.336. The van der Waals surface area contributed by atoms with Gasteiger partial charge in [0.2, 0.25) is 0 Å². The van der Waals surface area contributed by atoms with Gasteiger partial charge in [0, 0.05) is 12.6 Å². The van der Waals surface area contributed by atoms with E-state index in [1.54, 1.807) is 0 Å². The maximum atomic E-state index is 2.84.